The molecule has 0 unspecified atom stereocenters. The molecule has 1 aliphatic rings. The first-order valence-corrected chi connectivity index (χ1v) is 8.63. The number of nitrogens with zero attached hydrogens (tertiary/aromatic N) is 3. The summed E-state index contributed by atoms with van der Waals surface area (Å²) < 4.78 is 0. The van der Waals surface area contributed by atoms with E-state index in [1.54, 1.807) is 6.20 Å². The highest BCUT2D eigenvalue weighted by Gasteiger charge is 2.14. The fraction of sp³-hybridized carbons (Fsp3) is 0.250. The molecule has 0 radical (unpaired) electrons. The summed E-state index contributed by atoms with van der Waals surface area (Å²) in [6.45, 7) is 2.58. The summed E-state index contributed by atoms with van der Waals surface area (Å²) in [5, 5.41) is 4.86. The minimum atomic E-state index is -0.156. The quantitative estimate of drug-likeness (QED) is 0.797. The van der Waals surface area contributed by atoms with Crippen LogP contribution in [0.1, 0.15) is 28.9 Å². The number of carbonyl (C=O) groups is 1. The van der Waals surface area contributed by atoms with Crippen molar-refractivity contribution in [2.24, 2.45) is 0 Å². The van der Waals surface area contributed by atoms with Crippen molar-refractivity contribution in [3.05, 3.63) is 66.1 Å². The average molecular weight is 332 g/mol. The molecular formula is C20H20N4O. The van der Waals surface area contributed by atoms with Crippen LogP contribution in [-0.2, 0) is 6.54 Å². The molecule has 0 atom stereocenters. The summed E-state index contributed by atoms with van der Waals surface area (Å²) in [7, 11) is 0. The summed E-state index contributed by atoms with van der Waals surface area (Å²) in [4.78, 5) is 23.6. The van der Waals surface area contributed by atoms with E-state index in [2.05, 4.69) is 26.3 Å². The maximum absolute atomic E-state index is 12.6. The first kappa shape index (κ1) is 15.6. The Kier molecular flexibility index (Phi) is 4.29. The number of carbonyl (C=O) groups excluding carboxylic acids is 1. The van der Waals surface area contributed by atoms with Gasteiger partial charge in [-0.2, -0.15) is 0 Å². The highest BCUT2D eigenvalue weighted by Crippen LogP contribution is 2.19. The molecule has 1 aromatic carbocycles. The Balaban J connectivity index is 1.49. The minimum absolute atomic E-state index is 0.156. The van der Waals surface area contributed by atoms with Crippen LogP contribution in [0.5, 0.6) is 0 Å². The molecule has 4 rings (SSSR count). The molecule has 1 fully saturated rings. The van der Waals surface area contributed by atoms with Gasteiger partial charge < -0.3 is 10.2 Å². The molecule has 1 saturated heterocycles. The van der Waals surface area contributed by atoms with Crippen molar-refractivity contribution in [2.45, 2.75) is 19.4 Å². The summed E-state index contributed by atoms with van der Waals surface area (Å²) in [5.74, 6) is 0.837. The van der Waals surface area contributed by atoms with Gasteiger partial charge >= 0.3 is 0 Å². The molecule has 25 heavy (non-hydrogen) atoms. The van der Waals surface area contributed by atoms with Crippen LogP contribution < -0.4 is 10.2 Å². The second-order valence-electron chi connectivity index (χ2n) is 6.28. The summed E-state index contributed by atoms with van der Waals surface area (Å²) in [5.41, 5.74) is 1.51. The van der Waals surface area contributed by atoms with Gasteiger partial charge in [0.1, 0.15) is 11.5 Å². The number of rotatable bonds is 4. The van der Waals surface area contributed by atoms with Crippen molar-refractivity contribution in [2.75, 3.05) is 18.0 Å². The van der Waals surface area contributed by atoms with Crippen LogP contribution in [0.4, 0.5) is 5.82 Å². The van der Waals surface area contributed by atoms with Gasteiger partial charge in [0.25, 0.3) is 5.91 Å². The van der Waals surface area contributed by atoms with E-state index in [0.717, 1.165) is 35.2 Å². The lowest BCUT2D eigenvalue weighted by Crippen LogP contribution is -2.24. The number of pyridine rings is 2. The van der Waals surface area contributed by atoms with Gasteiger partial charge in [0.05, 0.1) is 0 Å². The molecule has 1 amide bonds. The first-order valence-electron chi connectivity index (χ1n) is 8.63. The number of anilines is 1. The number of benzene rings is 1. The molecule has 0 aliphatic carbocycles. The molecule has 0 bridgehead atoms. The number of fused-ring (bicyclic) bond motifs is 1. The van der Waals surface area contributed by atoms with Crippen LogP contribution in [0.2, 0.25) is 0 Å². The van der Waals surface area contributed by atoms with Crippen LogP contribution >= 0.6 is 0 Å². The smallest absolute Gasteiger partial charge is 0.270 e. The van der Waals surface area contributed by atoms with Gasteiger partial charge in [-0.05, 0) is 42.0 Å². The van der Waals surface area contributed by atoms with E-state index in [-0.39, 0.29) is 5.91 Å². The third-order valence-electron chi connectivity index (χ3n) is 4.58. The highest BCUT2D eigenvalue weighted by atomic mass is 16.1. The molecule has 3 heterocycles. The zero-order valence-electron chi connectivity index (χ0n) is 14.0. The minimum Gasteiger partial charge on any atom is -0.357 e. The van der Waals surface area contributed by atoms with Crippen LogP contribution in [0, 0.1) is 0 Å². The fourth-order valence-electron chi connectivity index (χ4n) is 3.26. The fourth-order valence-corrected chi connectivity index (χ4v) is 3.26. The second kappa shape index (κ2) is 6.89. The number of hydrogen-bond donors (Lipinski definition) is 1. The molecule has 2 aromatic heterocycles. The summed E-state index contributed by atoms with van der Waals surface area (Å²) in [6.07, 6.45) is 5.92. The van der Waals surface area contributed by atoms with E-state index < -0.39 is 0 Å². The Morgan fingerprint density at radius 3 is 2.72 bits per heavy atom. The van der Waals surface area contributed by atoms with Gasteiger partial charge in [-0.15, -0.1) is 0 Å². The van der Waals surface area contributed by atoms with Crippen LogP contribution in [0.25, 0.3) is 10.8 Å². The monoisotopic (exact) mass is 332 g/mol. The number of amides is 1. The topological polar surface area (TPSA) is 58.1 Å². The van der Waals surface area contributed by atoms with E-state index in [1.807, 2.05) is 42.6 Å². The van der Waals surface area contributed by atoms with Gasteiger partial charge in [0, 0.05) is 37.4 Å². The second-order valence-corrected chi connectivity index (χ2v) is 6.28. The van der Waals surface area contributed by atoms with Crippen molar-refractivity contribution in [1.82, 2.24) is 15.3 Å². The van der Waals surface area contributed by atoms with E-state index in [0.29, 0.717) is 12.2 Å². The Labute approximate surface area is 146 Å². The van der Waals surface area contributed by atoms with Gasteiger partial charge in [-0.3, -0.25) is 9.78 Å². The van der Waals surface area contributed by atoms with Crippen molar-refractivity contribution in [3.8, 4) is 0 Å². The third kappa shape index (κ3) is 3.31. The predicted molar refractivity (Wildman–Crippen MR) is 98.6 cm³/mol. The van der Waals surface area contributed by atoms with Crippen LogP contribution in [0.15, 0.2) is 54.9 Å². The van der Waals surface area contributed by atoms with E-state index >= 15 is 0 Å². The zero-order chi connectivity index (χ0) is 17.1. The number of aromatic nitrogens is 2. The van der Waals surface area contributed by atoms with Crippen LogP contribution in [0.3, 0.4) is 0 Å². The standard InChI is InChI=1S/C20H20N4O/c25-20(19-17-6-2-1-5-16(17)8-10-22-19)23-14-15-7-9-21-18(13-15)24-11-3-4-12-24/h1-2,5-10,13H,3-4,11-12,14H2,(H,23,25). The Hall–Kier alpha value is -2.95. The predicted octanol–water partition coefficient (Wildman–Crippen LogP) is 3.16. The third-order valence-corrected chi connectivity index (χ3v) is 4.58. The van der Waals surface area contributed by atoms with Crippen molar-refractivity contribution in [1.29, 1.82) is 0 Å². The Bertz CT molecular complexity index is 898. The number of hydrogen-bond acceptors (Lipinski definition) is 4. The normalized spacial score (nSPS) is 14.0. The van der Waals surface area contributed by atoms with E-state index in [4.69, 9.17) is 0 Å². The molecule has 3 aromatic rings. The Morgan fingerprint density at radius 2 is 1.84 bits per heavy atom. The first-order chi connectivity index (χ1) is 12.3. The maximum Gasteiger partial charge on any atom is 0.270 e. The van der Waals surface area contributed by atoms with Crippen molar-refractivity contribution in [3.63, 3.8) is 0 Å². The average Bonchev–Trinajstić information content (AvgIpc) is 3.21. The largest absolute Gasteiger partial charge is 0.357 e. The SMILES string of the molecule is O=C(NCc1ccnc(N2CCCC2)c1)c1nccc2ccccc12. The van der Waals surface area contributed by atoms with Gasteiger partial charge in [-0.1, -0.05) is 24.3 Å². The molecule has 5 nitrogen and oxygen atoms in total. The maximum atomic E-state index is 12.6. The molecule has 1 N–H and O–H groups in total. The molecule has 126 valence electrons. The molecule has 1 aliphatic heterocycles. The molecule has 5 heteroatoms. The van der Waals surface area contributed by atoms with Crippen molar-refractivity contribution < 1.29 is 4.79 Å². The van der Waals surface area contributed by atoms with Gasteiger partial charge in [-0.25, -0.2) is 4.98 Å². The lowest BCUT2D eigenvalue weighted by molar-refractivity contribution is 0.0948. The van der Waals surface area contributed by atoms with Gasteiger partial charge in [0.15, 0.2) is 0 Å². The highest BCUT2D eigenvalue weighted by molar-refractivity contribution is 6.05. The lowest BCUT2D eigenvalue weighted by atomic mass is 10.1. The summed E-state index contributed by atoms with van der Waals surface area (Å²) in [6, 6.07) is 13.7. The Morgan fingerprint density at radius 1 is 1.04 bits per heavy atom. The zero-order valence-corrected chi connectivity index (χ0v) is 14.0. The lowest BCUT2D eigenvalue weighted by Gasteiger charge is -2.17. The van der Waals surface area contributed by atoms with Crippen molar-refractivity contribution >= 4 is 22.5 Å². The van der Waals surface area contributed by atoms with E-state index in [9.17, 15) is 4.79 Å². The van der Waals surface area contributed by atoms with Gasteiger partial charge in [0.2, 0.25) is 0 Å². The van der Waals surface area contributed by atoms with Crippen LogP contribution in [-0.4, -0.2) is 29.0 Å². The molecule has 0 saturated carbocycles. The van der Waals surface area contributed by atoms with E-state index in [1.165, 1.54) is 12.8 Å². The molecular weight excluding hydrogens is 312 g/mol. The number of nitrogens with one attached hydrogen (secondary N) is 1. The molecule has 0 spiro atoms. The summed E-state index contributed by atoms with van der Waals surface area (Å²) >= 11 is 0.